The Kier molecular flexibility index (Phi) is 6.05. The molecule has 3 heteroatoms. The fourth-order valence-electron chi connectivity index (χ4n) is 2.82. The Morgan fingerprint density at radius 1 is 0.808 bits per heavy atom. The first-order valence-corrected chi connectivity index (χ1v) is 8.78. The molecule has 3 nitrogen and oxygen atoms in total. The lowest BCUT2D eigenvalue weighted by Gasteiger charge is -2.20. The van der Waals surface area contributed by atoms with E-state index in [0.29, 0.717) is 0 Å². The number of para-hydroxylation sites is 1. The van der Waals surface area contributed by atoms with Crippen LogP contribution >= 0.6 is 0 Å². The van der Waals surface area contributed by atoms with Gasteiger partial charge in [0.25, 0.3) is 0 Å². The number of hydrogen-bond donors (Lipinski definition) is 0. The first-order valence-electron chi connectivity index (χ1n) is 8.78. The fraction of sp³-hybridized carbons (Fsp3) is 0.174. The second-order valence-corrected chi connectivity index (χ2v) is 6.24. The number of anilines is 1. The standard InChI is InChI=1S/C23H24N2O/c1-19(17-20-13-15-23(26-2)16-14-20)24-25(22-11-7-4-8-12-22)18-21-9-5-3-6-10-21/h3-16H,17-18H2,1-2H3/b24-19+. The molecule has 0 aromatic heterocycles. The van der Waals surface area contributed by atoms with Crippen molar-refractivity contribution in [2.24, 2.45) is 5.10 Å². The molecule has 0 aliphatic rings. The maximum atomic E-state index is 5.22. The van der Waals surface area contributed by atoms with Crippen LogP contribution in [0.4, 0.5) is 5.69 Å². The largest absolute Gasteiger partial charge is 0.497 e. The predicted molar refractivity (Wildman–Crippen MR) is 109 cm³/mol. The Labute approximate surface area is 155 Å². The van der Waals surface area contributed by atoms with E-state index in [4.69, 9.17) is 9.84 Å². The molecule has 0 fully saturated rings. The Balaban J connectivity index is 1.80. The molecule has 0 unspecified atom stereocenters. The van der Waals surface area contributed by atoms with E-state index >= 15 is 0 Å². The third-order valence-electron chi connectivity index (χ3n) is 4.14. The molecule has 0 saturated heterocycles. The predicted octanol–water partition coefficient (Wildman–Crippen LogP) is 5.32. The van der Waals surface area contributed by atoms with E-state index < -0.39 is 0 Å². The van der Waals surface area contributed by atoms with Crippen LogP contribution in [0, 0.1) is 0 Å². The highest BCUT2D eigenvalue weighted by Gasteiger charge is 2.07. The normalized spacial score (nSPS) is 11.2. The zero-order valence-corrected chi connectivity index (χ0v) is 15.3. The molecular weight excluding hydrogens is 320 g/mol. The minimum Gasteiger partial charge on any atom is -0.497 e. The Morgan fingerprint density at radius 3 is 2.04 bits per heavy atom. The Hall–Kier alpha value is -3.07. The second-order valence-electron chi connectivity index (χ2n) is 6.24. The first kappa shape index (κ1) is 17.7. The summed E-state index contributed by atoms with van der Waals surface area (Å²) in [5, 5.41) is 6.96. The summed E-state index contributed by atoms with van der Waals surface area (Å²) in [6.45, 7) is 2.82. The molecule has 0 saturated carbocycles. The van der Waals surface area contributed by atoms with Gasteiger partial charge in [-0.3, -0.25) is 5.01 Å². The number of nitrogens with zero attached hydrogens (tertiary/aromatic N) is 2. The van der Waals surface area contributed by atoms with Crippen molar-refractivity contribution in [1.82, 2.24) is 0 Å². The van der Waals surface area contributed by atoms with Crippen LogP contribution in [-0.2, 0) is 13.0 Å². The third-order valence-corrected chi connectivity index (χ3v) is 4.14. The van der Waals surface area contributed by atoms with Crippen LogP contribution in [0.3, 0.4) is 0 Å². The molecule has 3 rings (SSSR count). The zero-order valence-electron chi connectivity index (χ0n) is 15.3. The molecule has 3 aromatic carbocycles. The lowest BCUT2D eigenvalue weighted by atomic mass is 10.1. The molecule has 0 amide bonds. The van der Waals surface area contributed by atoms with E-state index in [1.165, 1.54) is 11.1 Å². The van der Waals surface area contributed by atoms with Gasteiger partial charge in [-0.25, -0.2) is 0 Å². The van der Waals surface area contributed by atoms with Crippen LogP contribution in [0.5, 0.6) is 5.75 Å². The van der Waals surface area contributed by atoms with Crippen molar-refractivity contribution in [3.05, 3.63) is 96.1 Å². The van der Waals surface area contributed by atoms with Gasteiger partial charge in [0.15, 0.2) is 0 Å². The number of benzene rings is 3. The molecule has 0 radical (unpaired) electrons. The van der Waals surface area contributed by atoms with Gasteiger partial charge < -0.3 is 4.74 Å². The summed E-state index contributed by atoms with van der Waals surface area (Å²) in [5.41, 5.74) is 4.61. The highest BCUT2D eigenvalue weighted by molar-refractivity contribution is 5.85. The van der Waals surface area contributed by atoms with Gasteiger partial charge in [-0.1, -0.05) is 60.7 Å². The van der Waals surface area contributed by atoms with Crippen LogP contribution in [0.1, 0.15) is 18.1 Å². The Morgan fingerprint density at radius 2 is 1.42 bits per heavy atom. The average molecular weight is 344 g/mol. The number of rotatable bonds is 7. The lowest BCUT2D eigenvalue weighted by Crippen LogP contribution is -2.18. The molecule has 0 N–H and O–H groups in total. The van der Waals surface area contributed by atoms with E-state index in [-0.39, 0.29) is 0 Å². The van der Waals surface area contributed by atoms with E-state index in [1.807, 2.05) is 36.4 Å². The summed E-state index contributed by atoms with van der Waals surface area (Å²) in [7, 11) is 1.68. The number of hydrazone groups is 1. The molecule has 132 valence electrons. The van der Waals surface area contributed by atoms with Crippen molar-refractivity contribution in [3.8, 4) is 5.75 Å². The summed E-state index contributed by atoms with van der Waals surface area (Å²) in [5.74, 6) is 0.873. The highest BCUT2D eigenvalue weighted by atomic mass is 16.5. The average Bonchev–Trinajstić information content (AvgIpc) is 2.69. The van der Waals surface area contributed by atoms with E-state index in [0.717, 1.165) is 30.1 Å². The minimum absolute atomic E-state index is 0.741. The van der Waals surface area contributed by atoms with Gasteiger partial charge in [0.05, 0.1) is 19.3 Å². The van der Waals surface area contributed by atoms with Gasteiger partial charge >= 0.3 is 0 Å². The van der Waals surface area contributed by atoms with Crippen molar-refractivity contribution < 1.29 is 4.74 Å². The maximum absolute atomic E-state index is 5.22. The summed E-state index contributed by atoms with van der Waals surface area (Å²) >= 11 is 0. The molecule has 26 heavy (non-hydrogen) atoms. The molecule has 3 aromatic rings. The summed E-state index contributed by atoms with van der Waals surface area (Å²) in [6, 6.07) is 28.9. The highest BCUT2D eigenvalue weighted by Crippen LogP contribution is 2.18. The van der Waals surface area contributed by atoms with Crippen LogP contribution in [-0.4, -0.2) is 12.8 Å². The van der Waals surface area contributed by atoms with Crippen molar-refractivity contribution in [2.75, 3.05) is 12.1 Å². The van der Waals surface area contributed by atoms with Crippen molar-refractivity contribution >= 4 is 11.4 Å². The van der Waals surface area contributed by atoms with Gasteiger partial charge in [-0.2, -0.15) is 5.10 Å². The maximum Gasteiger partial charge on any atom is 0.118 e. The van der Waals surface area contributed by atoms with Crippen molar-refractivity contribution in [1.29, 1.82) is 0 Å². The van der Waals surface area contributed by atoms with Crippen LogP contribution < -0.4 is 9.75 Å². The molecule has 0 spiro atoms. The van der Waals surface area contributed by atoms with Gasteiger partial charge in [0.2, 0.25) is 0 Å². The zero-order chi connectivity index (χ0) is 18.2. The third kappa shape index (κ3) is 4.96. The van der Waals surface area contributed by atoms with E-state index in [9.17, 15) is 0 Å². The minimum atomic E-state index is 0.741. The summed E-state index contributed by atoms with van der Waals surface area (Å²) < 4.78 is 5.22. The first-order chi connectivity index (χ1) is 12.7. The molecule has 0 bridgehead atoms. The molecule has 0 heterocycles. The van der Waals surface area contributed by atoms with Crippen LogP contribution in [0.25, 0.3) is 0 Å². The van der Waals surface area contributed by atoms with Crippen molar-refractivity contribution in [2.45, 2.75) is 19.9 Å². The smallest absolute Gasteiger partial charge is 0.118 e. The lowest BCUT2D eigenvalue weighted by molar-refractivity contribution is 0.414. The number of hydrogen-bond acceptors (Lipinski definition) is 3. The summed E-state index contributed by atoms with van der Waals surface area (Å²) in [4.78, 5) is 0. The van der Waals surface area contributed by atoms with Crippen molar-refractivity contribution in [3.63, 3.8) is 0 Å². The fourth-order valence-corrected chi connectivity index (χ4v) is 2.82. The molecule has 0 aliphatic carbocycles. The molecule has 0 aliphatic heterocycles. The SMILES string of the molecule is COc1ccc(C/C(C)=N/N(Cc2ccccc2)c2ccccc2)cc1. The Bertz CT molecular complexity index is 827. The van der Waals surface area contributed by atoms with E-state index in [2.05, 4.69) is 60.5 Å². The molecule has 0 atom stereocenters. The van der Waals surface area contributed by atoms with Gasteiger partial charge in [0, 0.05) is 12.1 Å². The number of ether oxygens (including phenoxy) is 1. The number of methoxy groups -OCH3 is 1. The van der Waals surface area contributed by atoms with Gasteiger partial charge in [-0.15, -0.1) is 0 Å². The van der Waals surface area contributed by atoms with Gasteiger partial charge in [-0.05, 0) is 42.3 Å². The van der Waals surface area contributed by atoms with Crippen LogP contribution in [0.15, 0.2) is 90.0 Å². The van der Waals surface area contributed by atoms with E-state index in [1.54, 1.807) is 7.11 Å². The molecular formula is C23H24N2O. The topological polar surface area (TPSA) is 24.8 Å². The van der Waals surface area contributed by atoms with Gasteiger partial charge in [0.1, 0.15) is 5.75 Å². The summed E-state index contributed by atoms with van der Waals surface area (Å²) in [6.07, 6.45) is 0.808. The monoisotopic (exact) mass is 344 g/mol. The van der Waals surface area contributed by atoms with Crippen LogP contribution in [0.2, 0.25) is 0 Å². The second kappa shape index (κ2) is 8.86. The quantitative estimate of drug-likeness (QED) is 0.428.